The van der Waals surface area contributed by atoms with Gasteiger partial charge in [0.05, 0.1) is 19.4 Å². The maximum atomic E-state index is 12.2. The van der Waals surface area contributed by atoms with Gasteiger partial charge in [0.15, 0.2) is 0 Å². The lowest BCUT2D eigenvalue weighted by Gasteiger charge is -2.22. The Hall–Kier alpha value is -1.29. The predicted octanol–water partition coefficient (Wildman–Crippen LogP) is 2.16. The van der Waals surface area contributed by atoms with Gasteiger partial charge in [-0.1, -0.05) is 6.92 Å². The molecule has 2 rings (SSSR count). The molecule has 0 bridgehead atoms. The average molecular weight is 250 g/mol. The van der Waals surface area contributed by atoms with Gasteiger partial charge in [0, 0.05) is 12.1 Å². The fourth-order valence-corrected chi connectivity index (χ4v) is 1.88. The van der Waals surface area contributed by atoms with Crippen LogP contribution in [0.3, 0.4) is 0 Å². The molecule has 1 heterocycles. The summed E-state index contributed by atoms with van der Waals surface area (Å²) in [7, 11) is 0. The molecule has 1 aliphatic rings. The minimum atomic E-state index is 0.175. The molecular formula is C14H22N2O2. The van der Waals surface area contributed by atoms with Crippen LogP contribution in [-0.2, 0) is 11.3 Å². The van der Waals surface area contributed by atoms with Crippen molar-refractivity contribution in [3.63, 3.8) is 0 Å². The second kappa shape index (κ2) is 6.05. The van der Waals surface area contributed by atoms with E-state index in [4.69, 9.17) is 4.42 Å². The highest BCUT2D eigenvalue weighted by Crippen LogP contribution is 2.28. The van der Waals surface area contributed by atoms with Crippen LogP contribution in [0.2, 0.25) is 0 Å². The highest BCUT2D eigenvalue weighted by atomic mass is 16.3. The summed E-state index contributed by atoms with van der Waals surface area (Å²) in [4.78, 5) is 14.1. The summed E-state index contributed by atoms with van der Waals surface area (Å²) in [5.74, 6) is 1.04. The Labute approximate surface area is 108 Å². The van der Waals surface area contributed by atoms with Crippen molar-refractivity contribution in [2.75, 3.05) is 6.54 Å². The quantitative estimate of drug-likeness (QED) is 0.806. The summed E-state index contributed by atoms with van der Waals surface area (Å²) in [5, 5.41) is 3.25. The molecule has 4 heteroatoms. The fraction of sp³-hybridized carbons (Fsp3) is 0.643. The van der Waals surface area contributed by atoms with E-state index in [2.05, 4.69) is 19.2 Å². The Bertz CT molecular complexity index is 371. The SMILES string of the molecule is CCC(C)NCC(=O)N(Cc1ccco1)C1CC1. The zero-order valence-electron chi connectivity index (χ0n) is 11.2. The van der Waals surface area contributed by atoms with Crippen molar-refractivity contribution in [1.29, 1.82) is 0 Å². The molecule has 0 radical (unpaired) electrons. The number of carbonyl (C=O) groups is 1. The smallest absolute Gasteiger partial charge is 0.237 e. The Morgan fingerprint density at radius 3 is 2.94 bits per heavy atom. The van der Waals surface area contributed by atoms with Crippen molar-refractivity contribution >= 4 is 5.91 Å². The molecule has 0 aliphatic heterocycles. The van der Waals surface area contributed by atoms with E-state index in [-0.39, 0.29) is 5.91 Å². The molecule has 100 valence electrons. The van der Waals surface area contributed by atoms with Gasteiger partial charge in [-0.2, -0.15) is 0 Å². The van der Waals surface area contributed by atoms with Gasteiger partial charge in [-0.15, -0.1) is 0 Å². The molecule has 1 atom stereocenters. The summed E-state index contributed by atoms with van der Waals surface area (Å²) < 4.78 is 5.32. The van der Waals surface area contributed by atoms with Crippen molar-refractivity contribution in [2.24, 2.45) is 0 Å². The van der Waals surface area contributed by atoms with E-state index in [0.717, 1.165) is 25.0 Å². The van der Waals surface area contributed by atoms with E-state index < -0.39 is 0 Å². The molecule has 4 nitrogen and oxygen atoms in total. The van der Waals surface area contributed by atoms with Crippen LogP contribution in [0.15, 0.2) is 22.8 Å². The van der Waals surface area contributed by atoms with Crippen LogP contribution < -0.4 is 5.32 Å². The van der Waals surface area contributed by atoms with Gasteiger partial charge in [-0.3, -0.25) is 4.79 Å². The monoisotopic (exact) mass is 250 g/mol. The number of nitrogens with one attached hydrogen (secondary N) is 1. The summed E-state index contributed by atoms with van der Waals surface area (Å²) in [6.07, 6.45) is 4.93. The Kier molecular flexibility index (Phi) is 4.42. The van der Waals surface area contributed by atoms with Crippen LogP contribution in [0.1, 0.15) is 38.9 Å². The maximum absolute atomic E-state index is 12.2. The number of nitrogens with zero attached hydrogens (tertiary/aromatic N) is 1. The van der Waals surface area contributed by atoms with Gasteiger partial charge < -0.3 is 14.6 Å². The highest BCUT2D eigenvalue weighted by molar-refractivity contribution is 5.78. The van der Waals surface area contributed by atoms with Gasteiger partial charge in [-0.25, -0.2) is 0 Å². The lowest BCUT2D eigenvalue weighted by atomic mass is 10.2. The van der Waals surface area contributed by atoms with E-state index in [1.54, 1.807) is 6.26 Å². The van der Waals surface area contributed by atoms with Gasteiger partial charge >= 0.3 is 0 Å². The van der Waals surface area contributed by atoms with Crippen molar-refractivity contribution in [3.05, 3.63) is 24.2 Å². The normalized spacial score (nSPS) is 16.6. The fourth-order valence-electron chi connectivity index (χ4n) is 1.88. The van der Waals surface area contributed by atoms with E-state index >= 15 is 0 Å². The lowest BCUT2D eigenvalue weighted by molar-refractivity contribution is -0.131. The number of furan rings is 1. The summed E-state index contributed by atoms with van der Waals surface area (Å²) in [6, 6.07) is 4.59. The first-order valence-electron chi connectivity index (χ1n) is 6.76. The number of rotatable bonds is 7. The van der Waals surface area contributed by atoms with Crippen LogP contribution in [0.25, 0.3) is 0 Å². The largest absolute Gasteiger partial charge is 0.467 e. The Morgan fingerprint density at radius 1 is 1.61 bits per heavy atom. The van der Waals surface area contributed by atoms with Gasteiger partial charge in [0.2, 0.25) is 5.91 Å². The van der Waals surface area contributed by atoms with E-state index in [1.807, 2.05) is 17.0 Å². The Morgan fingerprint density at radius 2 is 2.39 bits per heavy atom. The number of hydrogen-bond acceptors (Lipinski definition) is 3. The summed E-state index contributed by atoms with van der Waals surface area (Å²) >= 11 is 0. The van der Waals surface area contributed by atoms with Crippen molar-refractivity contribution in [2.45, 2.75) is 51.7 Å². The predicted molar refractivity (Wildman–Crippen MR) is 70.0 cm³/mol. The zero-order valence-corrected chi connectivity index (χ0v) is 11.2. The molecule has 1 aliphatic carbocycles. The average Bonchev–Trinajstić information content (AvgIpc) is 3.09. The minimum Gasteiger partial charge on any atom is -0.467 e. The highest BCUT2D eigenvalue weighted by Gasteiger charge is 2.32. The van der Waals surface area contributed by atoms with Crippen LogP contribution in [0, 0.1) is 0 Å². The summed E-state index contributed by atoms with van der Waals surface area (Å²) in [5.41, 5.74) is 0. The standard InChI is InChI=1S/C14H22N2O2/c1-3-11(2)15-9-14(17)16(12-6-7-12)10-13-5-4-8-18-13/h4-5,8,11-12,15H,3,6-7,9-10H2,1-2H3. The molecule has 1 aromatic heterocycles. The molecule has 0 spiro atoms. The number of amides is 1. The van der Waals surface area contributed by atoms with Crippen molar-refractivity contribution in [1.82, 2.24) is 10.2 Å². The van der Waals surface area contributed by atoms with Crippen LogP contribution in [-0.4, -0.2) is 29.4 Å². The van der Waals surface area contributed by atoms with Crippen LogP contribution in [0.4, 0.5) is 0 Å². The molecule has 1 saturated carbocycles. The first-order chi connectivity index (χ1) is 8.70. The molecule has 18 heavy (non-hydrogen) atoms. The first kappa shape index (κ1) is 13.1. The van der Waals surface area contributed by atoms with Crippen LogP contribution >= 0.6 is 0 Å². The zero-order chi connectivity index (χ0) is 13.0. The van der Waals surface area contributed by atoms with Crippen molar-refractivity contribution in [3.8, 4) is 0 Å². The first-order valence-corrected chi connectivity index (χ1v) is 6.76. The molecule has 1 N–H and O–H groups in total. The maximum Gasteiger partial charge on any atom is 0.237 e. The second-order valence-electron chi connectivity index (χ2n) is 5.02. The number of hydrogen-bond donors (Lipinski definition) is 1. The molecule has 1 fully saturated rings. The van der Waals surface area contributed by atoms with Gasteiger partial charge in [0.25, 0.3) is 0 Å². The third-order valence-corrected chi connectivity index (χ3v) is 3.43. The molecule has 0 saturated heterocycles. The minimum absolute atomic E-state index is 0.175. The number of carbonyl (C=O) groups excluding carboxylic acids is 1. The third kappa shape index (κ3) is 3.60. The topological polar surface area (TPSA) is 45.5 Å². The van der Waals surface area contributed by atoms with E-state index in [1.165, 1.54) is 0 Å². The van der Waals surface area contributed by atoms with Gasteiger partial charge in [-0.05, 0) is 38.3 Å². The van der Waals surface area contributed by atoms with E-state index in [9.17, 15) is 4.79 Å². The van der Waals surface area contributed by atoms with E-state index in [0.29, 0.717) is 25.2 Å². The molecule has 0 aromatic carbocycles. The molecule has 1 amide bonds. The van der Waals surface area contributed by atoms with Crippen LogP contribution in [0.5, 0.6) is 0 Å². The molecular weight excluding hydrogens is 228 g/mol. The summed E-state index contributed by atoms with van der Waals surface area (Å²) in [6.45, 7) is 5.23. The third-order valence-electron chi connectivity index (χ3n) is 3.43. The second-order valence-corrected chi connectivity index (χ2v) is 5.02. The lowest BCUT2D eigenvalue weighted by Crippen LogP contribution is -2.41. The van der Waals surface area contributed by atoms with Gasteiger partial charge in [0.1, 0.15) is 5.76 Å². The Balaban J connectivity index is 1.87. The molecule has 1 aromatic rings. The molecule has 1 unspecified atom stereocenters. The van der Waals surface area contributed by atoms with Crippen molar-refractivity contribution < 1.29 is 9.21 Å².